The molecule has 0 bridgehead atoms. The first-order valence-electron chi connectivity index (χ1n) is 9.09. The molecule has 5 heteroatoms. The van der Waals surface area contributed by atoms with Gasteiger partial charge in [0.05, 0.1) is 0 Å². The van der Waals surface area contributed by atoms with Crippen LogP contribution in [0.3, 0.4) is 0 Å². The molecule has 0 aliphatic heterocycles. The maximum Gasteiger partial charge on any atom is 0.261 e. The number of para-hydroxylation sites is 1. The van der Waals surface area contributed by atoms with Crippen molar-refractivity contribution in [2.75, 3.05) is 6.61 Å². The highest BCUT2D eigenvalue weighted by Gasteiger charge is 2.28. The Labute approximate surface area is 161 Å². The predicted octanol–water partition coefficient (Wildman–Crippen LogP) is 3.40. The number of hydrogen-bond donors (Lipinski definition) is 1. The number of carbonyl (C=O) groups excluding carboxylic acids is 2. The second kappa shape index (κ2) is 9.21. The van der Waals surface area contributed by atoms with E-state index < -0.39 is 6.04 Å². The Balaban J connectivity index is 2.12. The number of ether oxygens (including phenoxy) is 1. The van der Waals surface area contributed by atoms with Gasteiger partial charge >= 0.3 is 0 Å². The van der Waals surface area contributed by atoms with Gasteiger partial charge < -0.3 is 15.0 Å². The summed E-state index contributed by atoms with van der Waals surface area (Å²) in [6, 6.07) is 18.2. The lowest BCUT2D eigenvalue weighted by atomic mass is 10.1. The minimum Gasteiger partial charge on any atom is -0.484 e. The normalized spacial score (nSPS) is 12.1. The molecule has 27 heavy (non-hydrogen) atoms. The lowest BCUT2D eigenvalue weighted by molar-refractivity contribution is -0.142. The Morgan fingerprint density at radius 1 is 1.00 bits per heavy atom. The summed E-state index contributed by atoms with van der Waals surface area (Å²) in [5.41, 5.74) is 0.592. The van der Waals surface area contributed by atoms with Crippen LogP contribution in [0.1, 0.15) is 33.3 Å². The summed E-state index contributed by atoms with van der Waals surface area (Å²) in [6.45, 7) is 7.71. The van der Waals surface area contributed by atoms with Gasteiger partial charge in [-0.15, -0.1) is 0 Å². The number of rotatable bonds is 7. The van der Waals surface area contributed by atoms with Gasteiger partial charge in [0.1, 0.15) is 11.8 Å². The van der Waals surface area contributed by atoms with Crippen LogP contribution in [0.15, 0.2) is 60.7 Å². The smallest absolute Gasteiger partial charge is 0.261 e. The average molecular weight is 368 g/mol. The molecule has 1 atom stereocenters. The fraction of sp³-hybridized carbons (Fsp3) is 0.364. The summed E-state index contributed by atoms with van der Waals surface area (Å²) < 4.78 is 5.59. The second-order valence-corrected chi connectivity index (χ2v) is 7.52. The fourth-order valence-electron chi connectivity index (χ4n) is 2.58. The molecule has 0 spiro atoms. The van der Waals surface area contributed by atoms with Crippen molar-refractivity contribution >= 4 is 11.8 Å². The van der Waals surface area contributed by atoms with Crippen LogP contribution >= 0.6 is 0 Å². The van der Waals surface area contributed by atoms with Gasteiger partial charge in [0, 0.05) is 12.1 Å². The second-order valence-electron chi connectivity index (χ2n) is 7.52. The summed E-state index contributed by atoms with van der Waals surface area (Å²) in [5, 5.41) is 2.94. The van der Waals surface area contributed by atoms with Gasteiger partial charge in [-0.3, -0.25) is 9.59 Å². The molecule has 1 N–H and O–H groups in total. The van der Waals surface area contributed by atoms with Gasteiger partial charge in [0.2, 0.25) is 5.91 Å². The molecule has 1 unspecified atom stereocenters. The topological polar surface area (TPSA) is 58.6 Å². The predicted molar refractivity (Wildman–Crippen MR) is 106 cm³/mol. The number of hydrogen-bond acceptors (Lipinski definition) is 3. The lowest BCUT2D eigenvalue weighted by Gasteiger charge is -2.31. The van der Waals surface area contributed by atoms with E-state index in [9.17, 15) is 9.59 Å². The van der Waals surface area contributed by atoms with Crippen molar-refractivity contribution in [2.24, 2.45) is 0 Å². The monoisotopic (exact) mass is 368 g/mol. The van der Waals surface area contributed by atoms with E-state index in [1.807, 2.05) is 69.3 Å². The van der Waals surface area contributed by atoms with Crippen LogP contribution in [0.4, 0.5) is 0 Å². The minimum absolute atomic E-state index is 0.121. The molecule has 0 aliphatic carbocycles. The molecule has 5 nitrogen and oxygen atoms in total. The van der Waals surface area contributed by atoms with Crippen LogP contribution in [0.5, 0.6) is 5.75 Å². The van der Waals surface area contributed by atoms with E-state index >= 15 is 0 Å². The standard InChI is InChI=1S/C22H28N2O3/c1-17(21(26)23-22(2,3)4)24(15-18-11-7-5-8-12-18)20(25)16-27-19-13-9-6-10-14-19/h5-14,17H,15-16H2,1-4H3,(H,23,26). The molecule has 0 saturated heterocycles. The zero-order valence-corrected chi connectivity index (χ0v) is 16.4. The first kappa shape index (κ1) is 20.5. The quantitative estimate of drug-likeness (QED) is 0.815. The van der Waals surface area contributed by atoms with Crippen molar-refractivity contribution in [1.29, 1.82) is 0 Å². The zero-order valence-electron chi connectivity index (χ0n) is 16.4. The van der Waals surface area contributed by atoms with Crippen LogP contribution in [-0.2, 0) is 16.1 Å². The summed E-state index contributed by atoms with van der Waals surface area (Å²) in [5.74, 6) is 0.197. The zero-order chi connectivity index (χ0) is 19.9. The number of carbonyl (C=O) groups is 2. The van der Waals surface area contributed by atoms with Crippen LogP contribution in [0, 0.1) is 0 Å². The molecule has 2 amide bonds. The third-order valence-electron chi connectivity index (χ3n) is 3.97. The highest BCUT2D eigenvalue weighted by atomic mass is 16.5. The maximum atomic E-state index is 12.9. The third-order valence-corrected chi connectivity index (χ3v) is 3.97. The van der Waals surface area contributed by atoms with Crippen molar-refractivity contribution in [1.82, 2.24) is 10.2 Å². The van der Waals surface area contributed by atoms with E-state index in [0.717, 1.165) is 5.56 Å². The fourth-order valence-corrected chi connectivity index (χ4v) is 2.58. The summed E-state index contributed by atoms with van der Waals surface area (Å²) in [7, 11) is 0. The van der Waals surface area contributed by atoms with Gasteiger partial charge in [0.25, 0.3) is 5.91 Å². The van der Waals surface area contributed by atoms with Crippen molar-refractivity contribution < 1.29 is 14.3 Å². The van der Waals surface area contributed by atoms with Gasteiger partial charge in [-0.2, -0.15) is 0 Å². The highest BCUT2D eigenvalue weighted by molar-refractivity contribution is 5.88. The lowest BCUT2D eigenvalue weighted by Crippen LogP contribution is -2.53. The van der Waals surface area contributed by atoms with E-state index in [1.54, 1.807) is 24.0 Å². The Hall–Kier alpha value is -2.82. The Bertz CT molecular complexity index is 739. The highest BCUT2D eigenvalue weighted by Crippen LogP contribution is 2.13. The summed E-state index contributed by atoms with van der Waals surface area (Å²) in [4.78, 5) is 27.0. The van der Waals surface area contributed by atoms with E-state index in [4.69, 9.17) is 4.74 Å². The Kier molecular flexibility index (Phi) is 6.99. The molecule has 2 aromatic carbocycles. The van der Waals surface area contributed by atoms with Gasteiger partial charge in [-0.25, -0.2) is 0 Å². The number of benzene rings is 2. The van der Waals surface area contributed by atoms with E-state index in [-0.39, 0.29) is 24.0 Å². The summed E-state index contributed by atoms with van der Waals surface area (Å²) >= 11 is 0. The largest absolute Gasteiger partial charge is 0.484 e. The molecule has 0 aliphatic rings. The maximum absolute atomic E-state index is 12.9. The third kappa shape index (κ3) is 6.77. The van der Waals surface area contributed by atoms with Crippen LogP contribution < -0.4 is 10.1 Å². The summed E-state index contributed by atoms with van der Waals surface area (Å²) in [6.07, 6.45) is 0. The van der Waals surface area contributed by atoms with E-state index in [0.29, 0.717) is 12.3 Å². The molecule has 0 saturated carbocycles. The first-order chi connectivity index (χ1) is 12.8. The van der Waals surface area contributed by atoms with Crippen molar-refractivity contribution in [3.63, 3.8) is 0 Å². The molecule has 0 fully saturated rings. The Morgan fingerprint density at radius 3 is 2.11 bits per heavy atom. The van der Waals surface area contributed by atoms with E-state index in [2.05, 4.69) is 5.32 Å². The van der Waals surface area contributed by atoms with Crippen molar-refractivity contribution in [2.45, 2.75) is 45.8 Å². The van der Waals surface area contributed by atoms with Gasteiger partial charge in [-0.05, 0) is 45.4 Å². The Morgan fingerprint density at radius 2 is 1.56 bits per heavy atom. The van der Waals surface area contributed by atoms with Crippen molar-refractivity contribution in [3.8, 4) is 5.75 Å². The molecule has 0 radical (unpaired) electrons. The molecule has 144 valence electrons. The van der Waals surface area contributed by atoms with Crippen LogP contribution in [0.25, 0.3) is 0 Å². The average Bonchev–Trinajstić information content (AvgIpc) is 2.64. The number of nitrogens with zero attached hydrogens (tertiary/aromatic N) is 1. The van der Waals surface area contributed by atoms with Crippen LogP contribution in [-0.4, -0.2) is 34.9 Å². The minimum atomic E-state index is -0.615. The van der Waals surface area contributed by atoms with Crippen molar-refractivity contribution in [3.05, 3.63) is 66.2 Å². The van der Waals surface area contributed by atoms with Gasteiger partial charge in [0.15, 0.2) is 6.61 Å². The number of amides is 2. The van der Waals surface area contributed by atoms with E-state index in [1.165, 1.54) is 0 Å². The number of nitrogens with one attached hydrogen (secondary N) is 1. The molecule has 0 heterocycles. The van der Waals surface area contributed by atoms with Crippen LogP contribution in [0.2, 0.25) is 0 Å². The molecular weight excluding hydrogens is 340 g/mol. The first-order valence-corrected chi connectivity index (χ1v) is 9.09. The molecule has 0 aromatic heterocycles. The van der Waals surface area contributed by atoms with Gasteiger partial charge in [-0.1, -0.05) is 48.5 Å². The molecule has 2 rings (SSSR count). The molecule has 2 aromatic rings. The molecular formula is C22H28N2O3. The SMILES string of the molecule is CC(C(=O)NC(C)(C)C)N(Cc1ccccc1)C(=O)COc1ccccc1.